The number of ether oxygens (including phenoxy) is 1. The van der Waals surface area contributed by atoms with Crippen LogP contribution in [0.15, 0.2) is 48.7 Å². The van der Waals surface area contributed by atoms with Crippen LogP contribution in [-0.4, -0.2) is 23.5 Å². The largest absolute Gasteiger partial charge is 0.484 e. The lowest BCUT2D eigenvalue weighted by Crippen LogP contribution is -2.22. The molecule has 24 heavy (non-hydrogen) atoms. The van der Waals surface area contributed by atoms with Gasteiger partial charge in [-0.2, -0.15) is 0 Å². The molecule has 1 aliphatic carbocycles. The minimum absolute atomic E-state index is 0.0340. The number of nitrogens with zero attached hydrogens (tertiary/aromatic N) is 1. The van der Waals surface area contributed by atoms with Crippen molar-refractivity contribution >= 4 is 17.4 Å². The van der Waals surface area contributed by atoms with E-state index in [4.69, 9.17) is 4.74 Å². The van der Waals surface area contributed by atoms with Crippen LogP contribution in [0.4, 0.5) is 11.5 Å². The number of aromatic nitrogens is 1. The average Bonchev–Trinajstić information content (AvgIpc) is 2.63. The molecule has 0 bridgehead atoms. The van der Waals surface area contributed by atoms with Gasteiger partial charge in [-0.05, 0) is 37.1 Å². The molecular formula is C19H23N3O2. The molecule has 0 aliphatic heterocycles. The second kappa shape index (κ2) is 8.34. The summed E-state index contributed by atoms with van der Waals surface area (Å²) < 4.78 is 5.41. The maximum absolute atomic E-state index is 11.9. The van der Waals surface area contributed by atoms with Gasteiger partial charge in [0, 0.05) is 6.04 Å². The smallest absolute Gasteiger partial charge is 0.263 e. The zero-order valence-corrected chi connectivity index (χ0v) is 13.7. The number of amides is 1. The highest BCUT2D eigenvalue weighted by Crippen LogP contribution is 2.21. The van der Waals surface area contributed by atoms with Crippen LogP contribution in [0, 0.1) is 0 Å². The Bertz CT molecular complexity index is 637. The first-order valence-corrected chi connectivity index (χ1v) is 8.50. The van der Waals surface area contributed by atoms with Crippen molar-refractivity contribution in [2.24, 2.45) is 0 Å². The lowest BCUT2D eigenvalue weighted by atomic mass is 9.95. The van der Waals surface area contributed by atoms with E-state index in [0.29, 0.717) is 17.6 Å². The van der Waals surface area contributed by atoms with Crippen LogP contribution in [0.5, 0.6) is 5.75 Å². The molecule has 0 radical (unpaired) electrons. The van der Waals surface area contributed by atoms with Crippen molar-refractivity contribution in [1.29, 1.82) is 0 Å². The van der Waals surface area contributed by atoms with E-state index in [0.717, 1.165) is 5.69 Å². The first-order valence-electron chi connectivity index (χ1n) is 8.50. The third kappa shape index (κ3) is 4.98. The minimum Gasteiger partial charge on any atom is -0.484 e. The topological polar surface area (TPSA) is 63.2 Å². The summed E-state index contributed by atoms with van der Waals surface area (Å²) in [5.41, 5.74) is 1.00. The van der Waals surface area contributed by atoms with Crippen molar-refractivity contribution < 1.29 is 9.53 Å². The summed E-state index contributed by atoms with van der Waals surface area (Å²) in [4.78, 5) is 16.2. The van der Waals surface area contributed by atoms with Crippen molar-refractivity contribution in [2.45, 2.75) is 38.1 Å². The Morgan fingerprint density at radius 1 is 1.08 bits per heavy atom. The summed E-state index contributed by atoms with van der Waals surface area (Å²) in [5.74, 6) is 0.984. The van der Waals surface area contributed by atoms with Crippen LogP contribution in [0.2, 0.25) is 0 Å². The number of benzene rings is 1. The Morgan fingerprint density at radius 2 is 1.88 bits per heavy atom. The predicted molar refractivity (Wildman–Crippen MR) is 95.3 cm³/mol. The van der Waals surface area contributed by atoms with Crippen LogP contribution in [0.3, 0.4) is 0 Å². The lowest BCUT2D eigenvalue weighted by molar-refractivity contribution is -0.118. The van der Waals surface area contributed by atoms with E-state index in [-0.39, 0.29) is 12.5 Å². The number of rotatable bonds is 6. The monoisotopic (exact) mass is 325 g/mol. The number of carbonyl (C=O) groups is 1. The Balaban J connectivity index is 1.45. The van der Waals surface area contributed by atoms with E-state index in [2.05, 4.69) is 15.6 Å². The summed E-state index contributed by atoms with van der Waals surface area (Å²) in [5, 5.41) is 6.25. The van der Waals surface area contributed by atoms with Gasteiger partial charge < -0.3 is 15.4 Å². The van der Waals surface area contributed by atoms with Gasteiger partial charge in [-0.1, -0.05) is 37.5 Å². The van der Waals surface area contributed by atoms with E-state index in [1.807, 2.05) is 42.5 Å². The second-order valence-electron chi connectivity index (χ2n) is 6.06. The molecule has 1 aromatic carbocycles. The molecule has 1 saturated carbocycles. The van der Waals surface area contributed by atoms with Gasteiger partial charge in [0.15, 0.2) is 6.61 Å². The van der Waals surface area contributed by atoms with Gasteiger partial charge in [-0.25, -0.2) is 4.98 Å². The molecule has 0 spiro atoms. The summed E-state index contributed by atoms with van der Waals surface area (Å²) in [6.07, 6.45) is 8.13. The predicted octanol–water partition coefficient (Wildman–Crippen LogP) is 3.84. The zero-order chi connectivity index (χ0) is 16.6. The second-order valence-corrected chi connectivity index (χ2v) is 6.06. The van der Waals surface area contributed by atoms with E-state index in [1.165, 1.54) is 32.1 Å². The Morgan fingerprint density at radius 3 is 2.58 bits per heavy atom. The van der Waals surface area contributed by atoms with Crippen LogP contribution < -0.4 is 15.4 Å². The molecule has 1 aromatic heterocycles. The lowest BCUT2D eigenvalue weighted by Gasteiger charge is -2.23. The number of pyridine rings is 1. The van der Waals surface area contributed by atoms with Gasteiger partial charge in [0.2, 0.25) is 0 Å². The first kappa shape index (κ1) is 16.3. The fraction of sp³-hybridized carbons (Fsp3) is 0.368. The van der Waals surface area contributed by atoms with Crippen LogP contribution in [-0.2, 0) is 4.79 Å². The number of nitrogens with one attached hydrogen (secondary N) is 2. The summed E-state index contributed by atoms with van der Waals surface area (Å²) in [6.45, 7) is -0.0340. The summed E-state index contributed by atoms with van der Waals surface area (Å²) >= 11 is 0. The minimum atomic E-state index is -0.223. The molecule has 1 amide bonds. The molecule has 126 valence electrons. The van der Waals surface area contributed by atoms with Gasteiger partial charge in [-0.15, -0.1) is 0 Å². The maximum Gasteiger partial charge on any atom is 0.263 e. The molecule has 5 nitrogen and oxygen atoms in total. The van der Waals surface area contributed by atoms with Crippen LogP contribution >= 0.6 is 0 Å². The van der Waals surface area contributed by atoms with Gasteiger partial charge in [0.1, 0.15) is 11.6 Å². The highest BCUT2D eigenvalue weighted by Gasteiger charge is 2.13. The molecule has 1 heterocycles. The molecule has 1 fully saturated rings. The van der Waals surface area contributed by atoms with Crippen molar-refractivity contribution in [1.82, 2.24) is 4.98 Å². The van der Waals surface area contributed by atoms with Crippen LogP contribution in [0.1, 0.15) is 32.1 Å². The van der Waals surface area contributed by atoms with E-state index < -0.39 is 0 Å². The van der Waals surface area contributed by atoms with Gasteiger partial charge in [-0.3, -0.25) is 4.79 Å². The number of carbonyl (C=O) groups excluding carboxylic acids is 1. The normalized spacial score (nSPS) is 14.8. The van der Waals surface area contributed by atoms with E-state index >= 15 is 0 Å². The number of anilines is 2. The quantitative estimate of drug-likeness (QED) is 0.847. The van der Waals surface area contributed by atoms with Crippen molar-refractivity contribution in [2.75, 3.05) is 17.2 Å². The molecule has 0 unspecified atom stereocenters. The van der Waals surface area contributed by atoms with E-state index in [1.54, 1.807) is 6.20 Å². The molecule has 1 aliphatic rings. The molecule has 3 rings (SSSR count). The molecule has 0 saturated heterocycles. The first-order chi connectivity index (χ1) is 11.8. The Labute approximate surface area is 142 Å². The molecule has 2 N–H and O–H groups in total. The summed E-state index contributed by atoms with van der Waals surface area (Å²) in [7, 11) is 0. The van der Waals surface area contributed by atoms with Gasteiger partial charge in [0.05, 0.1) is 11.9 Å². The summed E-state index contributed by atoms with van der Waals surface area (Å²) in [6, 6.07) is 13.6. The Kier molecular flexibility index (Phi) is 5.66. The molecule has 2 aromatic rings. The van der Waals surface area contributed by atoms with Gasteiger partial charge in [0.25, 0.3) is 5.91 Å². The number of hydrogen-bond acceptors (Lipinski definition) is 4. The maximum atomic E-state index is 11.9. The van der Waals surface area contributed by atoms with Crippen LogP contribution in [0.25, 0.3) is 0 Å². The number of hydrogen-bond donors (Lipinski definition) is 2. The standard InChI is InChI=1S/C19H23N3O2/c23-19(14-24-17-9-5-2-6-10-17)22-18-12-11-16(13-20-18)21-15-7-3-1-4-8-15/h2,5-6,9-13,15,21H,1,3-4,7-8,14H2,(H,20,22,23). The molecule has 5 heteroatoms. The van der Waals surface area contributed by atoms with Crippen molar-refractivity contribution in [3.05, 3.63) is 48.7 Å². The van der Waals surface area contributed by atoms with Crippen molar-refractivity contribution in [3.63, 3.8) is 0 Å². The average molecular weight is 325 g/mol. The third-order valence-electron chi connectivity index (χ3n) is 4.12. The third-order valence-corrected chi connectivity index (χ3v) is 4.12. The zero-order valence-electron chi connectivity index (χ0n) is 13.7. The van der Waals surface area contributed by atoms with Crippen molar-refractivity contribution in [3.8, 4) is 5.75 Å². The highest BCUT2D eigenvalue weighted by atomic mass is 16.5. The number of para-hydroxylation sites is 1. The Hall–Kier alpha value is -2.56. The molecule has 0 atom stereocenters. The SMILES string of the molecule is O=C(COc1ccccc1)Nc1ccc(NC2CCCCC2)cn1. The van der Waals surface area contributed by atoms with Gasteiger partial charge >= 0.3 is 0 Å². The fourth-order valence-electron chi connectivity index (χ4n) is 2.88. The fourth-order valence-corrected chi connectivity index (χ4v) is 2.88. The highest BCUT2D eigenvalue weighted by molar-refractivity contribution is 5.91. The van der Waals surface area contributed by atoms with E-state index in [9.17, 15) is 4.79 Å². The molecular weight excluding hydrogens is 302 g/mol.